The number of nitrogens with one attached hydrogen (secondary N) is 1. The van der Waals surface area contributed by atoms with Crippen LogP contribution in [0, 0.1) is 11.8 Å². The average molecular weight is 312 g/mol. The van der Waals surface area contributed by atoms with Crippen molar-refractivity contribution in [1.29, 1.82) is 0 Å². The third-order valence-electron chi connectivity index (χ3n) is 4.42. The molecule has 2 amide bonds. The fourth-order valence-corrected chi connectivity index (χ4v) is 2.72. The summed E-state index contributed by atoms with van der Waals surface area (Å²) in [5.74, 6) is -1.05. The molecule has 1 fully saturated rings. The number of likely N-dealkylation sites (tertiary alicyclic amines) is 1. The van der Waals surface area contributed by atoms with E-state index < -0.39 is 11.5 Å². The number of rotatable bonds is 6. The van der Waals surface area contributed by atoms with E-state index in [0.717, 1.165) is 0 Å². The Balaban J connectivity index is 2.55. The Kier molecular flexibility index (Phi) is 6.38. The van der Waals surface area contributed by atoms with Crippen LogP contribution in [0.1, 0.15) is 53.4 Å². The zero-order valence-electron chi connectivity index (χ0n) is 14.0. The SMILES string of the molecule is CCC(C)(CC(=O)O)NC(=O)C1CCN(C(=O)C(C)C)CC1. The lowest BCUT2D eigenvalue weighted by Gasteiger charge is -2.35. The lowest BCUT2D eigenvalue weighted by Crippen LogP contribution is -2.51. The molecule has 6 heteroatoms. The van der Waals surface area contributed by atoms with E-state index in [4.69, 9.17) is 5.11 Å². The van der Waals surface area contributed by atoms with Crippen LogP contribution < -0.4 is 5.32 Å². The quantitative estimate of drug-likeness (QED) is 0.780. The summed E-state index contributed by atoms with van der Waals surface area (Å²) in [5, 5.41) is 11.8. The zero-order chi connectivity index (χ0) is 16.9. The van der Waals surface area contributed by atoms with Crippen LogP contribution in [0.25, 0.3) is 0 Å². The van der Waals surface area contributed by atoms with E-state index in [2.05, 4.69) is 5.32 Å². The molecular weight excluding hydrogens is 284 g/mol. The summed E-state index contributed by atoms with van der Waals surface area (Å²) in [5.41, 5.74) is -0.714. The second-order valence-electron chi connectivity index (χ2n) is 6.73. The Morgan fingerprint density at radius 3 is 2.23 bits per heavy atom. The molecule has 0 saturated carbocycles. The van der Waals surface area contributed by atoms with E-state index in [9.17, 15) is 14.4 Å². The molecule has 0 aromatic rings. The van der Waals surface area contributed by atoms with Crippen molar-refractivity contribution in [3.8, 4) is 0 Å². The number of aliphatic carboxylic acids is 1. The molecule has 1 saturated heterocycles. The van der Waals surface area contributed by atoms with Crippen LogP contribution >= 0.6 is 0 Å². The van der Waals surface area contributed by atoms with Gasteiger partial charge >= 0.3 is 5.97 Å². The highest BCUT2D eigenvalue weighted by molar-refractivity contribution is 5.82. The minimum atomic E-state index is -0.915. The van der Waals surface area contributed by atoms with Gasteiger partial charge in [-0.15, -0.1) is 0 Å². The highest BCUT2D eigenvalue weighted by Crippen LogP contribution is 2.22. The number of piperidine rings is 1. The maximum absolute atomic E-state index is 12.4. The van der Waals surface area contributed by atoms with Crippen LogP contribution in [0.2, 0.25) is 0 Å². The van der Waals surface area contributed by atoms with E-state index >= 15 is 0 Å². The van der Waals surface area contributed by atoms with Crippen LogP contribution in [-0.2, 0) is 14.4 Å². The highest BCUT2D eigenvalue weighted by atomic mass is 16.4. The van der Waals surface area contributed by atoms with Gasteiger partial charge < -0.3 is 15.3 Å². The Morgan fingerprint density at radius 1 is 1.27 bits per heavy atom. The van der Waals surface area contributed by atoms with Crippen molar-refractivity contribution in [1.82, 2.24) is 10.2 Å². The summed E-state index contributed by atoms with van der Waals surface area (Å²) in [6.07, 6.45) is 1.75. The predicted molar refractivity (Wildman–Crippen MR) is 83.2 cm³/mol. The Morgan fingerprint density at radius 2 is 1.82 bits per heavy atom. The van der Waals surface area contributed by atoms with Crippen molar-refractivity contribution in [2.45, 2.75) is 58.9 Å². The second kappa shape index (κ2) is 7.61. The second-order valence-corrected chi connectivity index (χ2v) is 6.73. The minimum absolute atomic E-state index is 0.0238. The maximum atomic E-state index is 12.4. The highest BCUT2D eigenvalue weighted by Gasteiger charge is 2.33. The number of carbonyl (C=O) groups is 3. The molecule has 0 radical (unpaired) electrons. The monoisotopic (exact) mass is 312 g/mol. The average Bonchev–Trinajstić information content (AvgIpc) is 2.45. The van der Waals surface area contributed by atoms with E-state index in [1.165, 1.54) is 0 Å². The van der Waals surface area contributed by atoms with Crippen LogP contribution in [-0.4, -0.2) is 46.4 Å². The molecular formula is C16H28N2O4. The molecule has 6 nitrogen and oxygen atoms in total. The summed E-state index contributed by atoms with van der Waals surface area (Å²) in [6, 6.07) is 0. The largest absolute Gasteiger partial charge is 0.481 e. The molecule has 126 valence electrons. The van der Waals surface area contributed by atoms with Crippen molar-refractivity contribution in [2.24, 2.45) is 11.8 Å². The first-order valence-corrected chi connectivity index (χ1v) is 8.01. The molecule has 22 heavy (non-hydrogen) atoms. The van der Waals surface area contributed by atoms with Crippen molar-refractivity contribution in [3.05, 3.63) is 0 Å². The van der Waals surface area contributed by atoms with Crippen LogP contribution in [0.5, 0.6) is 0 Å². The minimum Gasteiger partial charge on any atom is -0.481 e. The van der Waals surface area contributed by atoms with E-state index in [-0.39, 0.29) is 30.1 Å². The number of hydrogen-bond acceptors (Lipinski definition) is 3. The number of carboxylic acids is 1. The predicted octanol–water partition coefficient (Wildman–Crippen LogP) is 1.64. The van der Waals surface area contributed by atoms with Gasteiger partial charge in [0, 0.05) is 30.5 Å². The first kappa shape index (κ1) is 18.5. The molecule has 1 rings (SSSR count). The Labute approximate surface area is 132 Å². The van der Waals surface area contributed by atoms with Gasteiger partial charge in [0.1, 0.15) is 0 Å². The van der Waals surface area contributed by atoms with Gasteiger partial charge in [-0.2, -0.15) is 0 Å². The smallest absolute Gasteiger partial charge is 0.305 e. The topological polar surface area (TPSA) is 86.7 Å². The van der Waals surface area contributed by atoms with E-state index in [0.29, 0.717) is 32.4 Å². The molecule has 0 aliphatic carbocycles. The summed E-state index contributed by atoms with van der Waals surface area (Å²) < 4.78 is 0. The van der Waals surface area contributed by atoms with Gasteiger partial charge in [-0.3, -0.25) is 14.4 Å². The third-order valence-corrected chi connectivity index (χ3v) is 4.42. The fraction of sp³-hybridized carbons (Fsp3) is 0.812. The zero-order valence-corrected chi connectivity index (χ0v) is 14.0. The number of carboxylic acid groups (broad SMARTS) is 1. The van der Waals surface area contributed by atoms with Crippen molar-refractivity contribution in [2.75, 3.05) is 13.1 Å². The lowest BCUT2D eigenvalue weighted by atomic mass is 9.90. The number of hydrogen-bond donors (Lipinski definition) is 2. The van der Waals surface area contributed by atoms with Crippen LogP contribution in [0.15, 0.2) is 0 Å². The molecule has 1 aliphatic rings. The van der Waals surface area contributed by atoms with Crippen LogP contribution in [0.3, 0.4) is 0 Å². The summed E-state index contributed by atoms with van der Waals surface area (Å²) >= 11 is 0. The fourth-order valence-electron chi connectivity index (χ4n) is 2.72. The molecule has 1 atom stereocenters. The molecule has 1 heterocycles. The molecule has 1 unspecified atom stereocenters. The standard InChI is InChI=1S/C16H28N2O4/c1-5-16(4,10-13(19)20)17-14(21)12-6-8-18(9-7-12)15(22)11(2)3/h11-12H,5-10H2,1-4H3,(H,17,21)(H,19,20). The van der Waals surface area contributed by atoms with Gasteiger partial charge in [0.05, 0.1) is 6.42 Å². The van der Waals surface area contributed by atoms with Crippen LogP contribution in [0.4, 0.5) is 0 Å². The molecule has 2 N–H and O–H groups in total. The molecule has 0 aromatic heterocycles. The number of carbonyl (C=O) groups excluding carboxylic acids is 2. The molecule has 0 aromatic carbocycles. The normalized spacial score (nSPS) is 18.9. The van der Waals surface area contributed by atoms with Gasteiger partial charge in [0.25, 0.3) is 0 Å². The van der Waals surface area contributed by atoms with Crippen molar-refractivity contribution < 1.29 is 19.5 Å². The number of amides is 2. The van der Waals surface area contributed by atoms with Gasteiger partial charge in [0.2, 0.25) is 11.8 Å². The number of nitrogens with zero attached hydrogens (tertiary/aromatic N) is 1. The molecule has 0 bridgehead atoms. The maximum Gasteiger partial charge on any atom is 0.305 e. The van der Waals surface area contributed by atoms with Gasteiger partial charge in [-0.1, -0.05) is 20.8 Å². The van der Waals surface area contributed by atoms with Gasteiger partial charge in [0.15, 0.2) is 0 Å². The Hall–Kier alpha value is -1.59. The van der Waals surface area contributed by atoms with E-state index in [1.54, 1.807) is 6.92 Å². The molecule has 1 aliphatic heterocycles. The molecule has 0 spiro atoms. The van der Waals surface area contributed by atoms with Gasteiger partial charge in [-0.25, -0.2) is 0 Å². The third kappa shape index (κ3) is 5.00. The van der Waals surface area contributed by atoms with E-state index in [1.807, 2.05) is 25.7 Å². The lowest BCUT2D eigenvalue weighted by molar-refractivity contribution is -0.141. The summed E-state index contributed by atoms with van der Waals surface area (Å²) in [7, 11) is 0. The van der Waals surface area contributed by atoms with Gasteiger partial charge in [-0.05, 0) is 26.2 Å². The first-order chi connectivity index (χ1) is 10.2. The first-order valence-electron chi connectivity index (χ1n) is 8.01. The van der Waals surface area contributed by atoms with Crippen molar-refractivity contribution >= 4 is 17.8 Å². The Bertz CT molecular complexity index is 428. The summed E-state index contributed by atoms with van der Waals surface area (Å²) in [4.78, 5) is 37.0. The summed E-state index contributed by atoms with van der Waals surface area (Å²) in [6.45, 7) is 8.57. The van der Waals surface area contributed by atoms with Crippen molar-refractivity contribution in [3.63, 3.8) is 0 Å².